The van der Waals surface area contributed by atoms with Gasteiger partial charge in [0.05, 0.1) is 23.5 Å². The first-order valence-electron chi connectivity index (χ1n) is 11.5. The minimum Gasteiger partial charge on any atom is -0.480 e. The molecular formula is C27H29ClN4O4. The Morgan fingerprint density at radius 3 is 2.19 bits per heavy atom. The molecule has 0 saturated carbocycles. The molecule has 9 heteroatoms. The number of rotatable bonds is 9. The molecule has 2 amide bonds. The zero-order valence-corrected chi connectivity index (χ0v) is 21.4. The summed E-state index contributed by atoms with van der Waals surface area (Å²) in [6.45, 7) is 7.32. The van der Waals surface area contributed by atoms with Crippen LogP contribution in [0.2, 0.25) is 5.02 Å². The summed E-state index contributed by atoms with van der Waals surface area (Å²) in [7, 11) is 0. The molecule has 8 nitrogen and oxygen atoms in total. The second-order valence-electron chi connectivity index (χ2n) is 9.11. The van der Waals surface area contributed by atoms with E-state index in [0.717, 1.165) is 16.7 Å². The van der Waals surface area contributed by atoms with E-state index >= 15 is 0 Å². The summed E-state index contributed by atoms with van der Waals surface area (Å²) in [5.41, 5.74) is 10.4. The van der Waals surface area contributed by atoms with Gasteiger partial charge in [-0.1, -0.05) is 61.8 Å². The summed E-state index contributed by atoms with van der Waals surface area (Å²) >= 11 is 6.53. The van der Waals surface area contributed by atoms with E-state index in [-0.39, 0.29) is 23.9 Å². The lowest BCUT2D eigenvalue weighted by molar-refractivity contribution is -0.142. The number of primary amides is 1. The number of nitrogens with zero attached hydrogens (tertiary/aromatic N) is 2. The first kappa shape index (κ1) is 26.8. The fourth-order valence-corrected chi connectivity index (χ4v) is 4.28. The van der Waals surface area contributed by atoms with Gasteiger partial charge in [0.25, 0.3) is 5.91 Å². The van der Waals surface area contributed by atoms with E-state index in [9.17, 15) is 19.5 Å². The van der Waals surface area contributed by atoms with Gasteiger partial charge in [0.2, 0.25) is 5.91 Å². The van der Waals surface area contributed by atoms with Crippen molar-refractivity contribution in [3.63, 3.8) is 0 Å². The van der Waals surface area contributed by atoms with Crippen LogP contribution in [0.3, 0.4) is 0 Å². The van der Waals surface area contributed by atoms with Crippen LogP contribution in [0.1, 0.15) is 47.7 Å². The molecule has 0 bridgehead atoms. The number of nitrogens with two attached hydrogens (primary N) is 1. The van der Waals surface area contributed by atoms with Crippen molar-refractivity contribution >= 4 is 29.4 Å². The molecule has 188 valence electrons. The molecule has 0 aliphatic carbocycles. The van der Waals surface area contributed by atoms with Crippen LogP contribution >= 0.6 is 11.6 Å². The lowest BCUT2D eigenvalue weighted by Gasteiger charge is -2.16. The van der Waals surface area contributed by atoms with Crippen LogP contribution < -0.4 is 11.1 Å². The number of benzene rings is 2. The molecule has 0 saturated heterocycles. The number of carboxylic acid groups (broad SMARTS) is 1. The van der Waals surface area contributed by atoms with Crippen molar-refractivity contribution < 1.29 is 19.5 Å². The third-order valence-corrected chi connectivity index (χ3v) is 6.00. The standard InChI is InChI=1S/C27H29ClN4O4/c1-14(2)11-22(27(35)36)31-23(33)13-17-5-10-20(21(28)12-17)18-6-8-19(9-7-18)24-15(3)30-16(4)25(32-24)26(29)34/h5-10,12,14,22H,11,13H2,1-4H3,(H2,29,34)(H,31,33)(H,35,36)/t22-/m0/s1. The number of aliphatic carboxylic acids is 1. The summed E-state index contributed by atoms with van der Waals surface area (Å²) in [6, 6.07) is 11.9. The van der Waals surface area contributed by atoms with Gasteiger partial charge in [0.15, 0.2) is 0 Å². The number of aryl methyl sites for hydroxylation is 2. The third-order valence-electron chi connectivity index (χ3n) is 5.69. The first-order valence-corrected chi connectivity index (χ1v) is 11.9. The number of amides is 2. The lowest BCUT2D eigenvalue weighted by atomic mass is 9.99. The van der Waals surface area contributed by atoms with Gasteiger partial charge < -0.3 is 16.2 Å². The Morgan fingerprint density at radius 2 is 1.64 bits per heavy atom. The second kappa shape index (κ2) is 11.3. The van der Waals surface area contributed by atoms with Crippen molar-refractivity contribution in [1.82, 2.24) is 15.3 Å². The molecule has 1 atom stereocenters. The van der Waals surface area contributed by atoms with E-state index in [0.29, 0.717) is 34.1 Å². The molecule has 36 heavy (non-hydrogen) atoms. The Bertz CT molecular complexity index is 1310. The van der Waals surface area contributed by atoms with Crippen LogP contribution in [0.15, 0.2) is 42.5 Å². The van der Waals surface area contributed by atoms with E-state index < -0.39 is 17.9 Å². The van der Waals surface area contributed by atoms with Gasteiger partial charge in [-0.2, -0.15) is 0 Å². The van der Waals surface area contributed by atoms with Gasteiger partial charge in [-0.25, -0.2) is 9.78 Å². The molecule has 0 radical (unpaired) electrons. The molecule has 1 aromatic heterocycles. The first-order chi connectivity index (χ1) is 17.0. The number of carbonyl (C=O) groups excluding carboxylic acids is 2. The molecule has 0 fully saturated rings. The van der Waals surface area contributed by atoms with Crippen LogP contribution in [-0.2, 0) is 16.0 Å². The van der Waals surface area contributed by atoms with E-state index in [1.807, 2.05) is 51.1 Å². The lowest BCUT2D eigenvalue weighted by Crippen LogP contribution is -2.42. The molecule has 0 unspecified atom stereocenters. The van der Waals surface area contributed by atoms with Crippen molar-refractivity contribution in [2.24, 2.45) is 11.7 Å². The molecule has 1 heterocycles. The Hall–Kier alpha value is -3.78. The van der Waals surface area contributed by atoms with Gasteiger partial charge in [-0.15, -0.1) is 0 Å². The van der Waals surface area contributed by atoms with Crippen molar-refractivity contribution in [2.75, 3.05) is 0 Å². The number of hydrogen-bond acceptors (Lipinski definition) is 5. The minimum atomic E-state index is -1.05. The number of carboxylic acids is 1. The van der Waals surface area contributed by atoms with Crippen LogP contribution in [-0.4, -0.2) is 38.9 Å². The van der Waals surface area contributed by atoms with Gasteiger partial charge in [0.1, 0.15) is 11.7 Å². The number of aromatic nitrogens is 2. The number of hydrogen-bond donors (Lipinski definition) is 3. The average Bonchev–Trinajstić information content (AvgIpc) is 2.78. The number of nitrogens with one attached hydrogen (secondary N) is 1. The predicted octanol–water partition coefficient (Wildman–Crippen LogP) is 4.34. The van der Waals surface area contributed by atoms with Crippen LogP contribution in [0.25, 0.3) is 22.4 Å². The molecular weight excluding hydrogens is 480 g/mol. The van der Waals surface area contributed by atoms with Crippen molar-refractivity contribution in [3.05, 3.63) is 70.1 Å². The maximum Gasteiger partial charge on any atom is 0.326 e. The zero-order chi connectivity index (χ0) is 26.6. The molecule has 0 aliphatic heterocycles. The maximum absolute atomic E-state index is 12.4. The van der Waals surface area contributed by atoms with Crippen LogP contribution in [0.5, 0.6) is 0 Å². The Morgan fingerprint density at radius 1 is 1.00 bits per heavy atom. The van der Waals surface area contributed by atoms with Crippen LogP contribution in [0, 0.1) is 19.8 Å². The molecule has 0 spiro atoms. The third kappa shape index (κ3) is 6.46. The number of carbonyl (C=O) groups is 3. The second-order valence-corrected chi connectivity index (χ2v) is 9.52. The summed E-state index contributed by atoms with van der Waals surface area (Å²) in [4.78, 5) is 44.3. The highest BCUT2D eigenvalue weighted by molar-refractivity contribution is 6.33. The van der Waals surface area contributed by atoms with Crippen molar-refractivity contribution in [2.45, 2.75) is 46.6 Å². The summed E-state index contributed by atoms with van der Waals surface area (Å²) in [5.74, 6) is -1.91. The summed E-state index contributed by atoms with van der Waals surface area (Å²) < 4.78 is 0. The fourth-order valence-electron chi connectivity index (χ4n) is 3.97. The minimum absolute atomic E-state index is 0.0222. The van der Waals surface area contributed by atoms with E-state index in [1.165, 1.54) is 0 Å². The molecule has 3 rings (SSSR count). The topological polar surface area (TPSA) is 135 Å². The quantitative estimate of drug-likeness (QED) is 0.393. The van der Waals surface area contributed by atoms with Crippen molar-refractivity contribution in [1.29, 1.82) is 0 Å². The number of halogens is 1. The average molecular weight is 509 g/mol. The summed E-state index contributed by atoms with van der Waals surface area (Å²) in [5, 5.41) is 12.4. The van der Waals surface area contributed by atoms with Crippen molar-refractivity contribution in [3.8, 4) is 22.4 Å². The fraction of sp³-hybridized carbons (Fsp3) is 0.296. The Kier molecular flexibility index (Phi) is 8.42. The zero-order valence-electron chi connectivity index (χ0n) is 20.6. The van der Waals surface area contributed by atoms with Gasteiger partial charge in [-0.05, 0) is 43.4 Å². The van der Waals surface area contributed by atoms with Gasteiger partial charge >= 0.3 is 5.97 Å². The molecule has 2 aromatic carbocycles. The highest BCUT2D eigenvalue weighted by Crippen LogP contribution is 2.31. The molecule has 4 N–H and O–H groups in total. The van der Waals surface area contributed by atoms with E-state index in [2.05, 4.69) is 15.3 Å². The monoisotopic (exact) mass is 508 g/mol. The smallest absolute Gasteiger partial charge is 0.326 e. The van der Waals surface area contributed by atoms with E-state index in [4.69, 9.17) is 17.3 Å². The van der Waals surface area contributed by atoms with Gasteiger partial charge in [-0.3, -0.25) is 14.6 Å². The maximum atomic E-state index is 12.4. The largest absolute Gasteiger partial charge is 0.480 e. The molecule has 3 aromatic rings. The molecule has 0 aliphatic rings. The highest BCUT2D eigenvalue weighted by Gasteiger charge is 2.21. The Labute approximate surface area is 214 Å². The predicted molar refractivity (Wildman–Crippen MR) is 139 cm³/mol. The van der Waals surface area contributed by atoms with E-state index in [1.54, 1.807) is 19.1 Å². The van der Waals surface area contributed by atoms with Gasteiger partial charge in [0, 0.05) is 16.1 Å². The highest BCUT2D eigenvalue weighted by atomic mass is 35.5. The normalized spacial score (nSPS) is 11.8. The Balaban J connectivity index is 1.77. The summed E-state index contributed by atoms with van der Waals surface area (Å²) in [6.07, 6.45) is 0.378. The van der Waals surface area contributed by atoms with Crippen LogP contribution in [0.4, 0.5) is 0 Å². The SMILES string of the molecule is Cc1nc(C)c(-c2ccc(-c3ccc(CC(=O)N[C@@H](CC(C)C)C(=O)O)cc3Cl)cc2)nc1C(N)=O.